The van der Waals surface area contributed by atoms with Crippen LogP contribution in [0.3, 0.4) is 0 Å². The van der Waals surface area contributed by atoms with E-state index in [4.69, 9.17) is 5.73 Å². The quantitative estimate of drug-likeness (QED) is 0.544. The van der Waals surface area contributed by atoms with Crippen LogP contribution in [0.4, 0.5) is 0 Å². The molecule has 4 aromatic rings. The minimum atomic E-state index is -0.522. The molecule has 8 nitrogen and oxygen atoms in total. The van der Waals surface area contributed by atoms with Crippen molar-refractivity contribution in [2.45, 2.75) is 26.2 Å². The van der Waals surface area contributed by atoms with E-state index in [1.807, 2.05) is 50.2 Å². The van der Waals surface area contributed by atoms with Gasteiger partial charge in [-0.1, -0.05) is 32.0 Å². The third-order valence-corrected chi connectivity index (χ3v) is 4.55. The SMILES string of the molecule is CC(C)c1[nH]c(=O)ccc1-c1nc(CC(N)=O)nn1-c1ccc2ccccc2n1. The Morgan fingerprint density at radius 3 is 2.66 bits per heavy atom. The van der Waals surface area contributed by atoms with Gasteiger partial charge in [-0.3, -0.25) is 9.59 Å². The molecule has 8 heteroatoms. The number of amides is 1. The zero-order valence-electron chi connectivity index (χ0n) is 16.1. The lowest BCUT2D eigenvalue weighted by atomic mass is 10.0. The van der Waals surface area contributed by atoms with E-state index in [1.165, 1.54) is 6.07 Å². The molecule has 0 saturated heterocycles. The summed E-state index contributed by atoms with van der Waals surface area (Å²) in [4.78, 5) is 35.4. The Labute approximate surface area is 166 Å². The molecule has 3 N–H and O–H groups in total. The van der Waals surface area contributed by atoms with Crippen molar-refractivity contribution in [3.63, 3.8) is 0 Å². The smallest absolute Gasteiger partial charge is 0.248 e. The highest BCUT2D eigenvalue weighted by atomic mass is 16.1. The Hall–Kier alpha value is -3.81. The van der Waals surface area contributed by atoms with Gasteiger partial charge in [0.05, 0.1) is 11.9 Å². The summed E-state index contributed by atoms with van der Waals surface area (Å²) in [6.45, 7) is 3.96. The second kappa shape index (κ2) is 7.31. The lowest BCUT2D eigenvalue weighted by Gasteiger charge is -2.12. The van der Waals surface area contributed by atoms with Gasteiger partial charge in [0.25, 0.3) is 0 Å². The molecule has 4 rings (SSSR count). The molecule has 29 heavy (non-hydrogen) atoms. The van der Waals surface area contributed by atoms with Crippen LogP contribution in [-0.4, -0.2) is 30.6 Å². The summed E-state index contributed by atoms with van der Waals surface area (Å²) in [6.07, 6.45) is -0.0893. The predicted molar refractivity (Wildman–Crippen MR) is 110 cm³/mol. The number of nitrogens with two attached hydrogens (primary N) is 1. The molecule has 0 radical (unpaired) electrons. The Balaban J connectivity index is 1.95. The number of H-pyrrole nitrogens is 1. The van der Waals surface area contributed by atoms with Gasteiger partial charge in [-0.2, -0.15) is 4.68 Å². The molecule has 1 amide bonds. The number of carbonyl (C=O) groups excluding carboxylic acids is 1. The average molecular weight is 388 g/mol. The van der Waals surface area contributed by atoms with Crippen molar-refractivity contribution >= 4 is 16.8 Å². The number of primary amides is 1. The van der Waals surface area contributed by atoms with Crippen LogP contribution in [0.5, 0.6) is 0 Å². The van der Waals surface area contributed by atoms with Gasteiger partial charge in [0.15, 0.2) is 17.5 Å². The Morgan fingerprint density at radius 2 is 1.90 bits per heavy atom. The molecule has 0 aliphatic rings. The number of pyridine rings is 2. The summed E-state index contributed by atoms with van der Waals surface area (Å²) >= 11 is 0. The number of para-hydroxylation sites is 1. The van der Waals surface area contributed by atoms with Crippen LogP contribution < -0.4 is 11.3 Å². The number of hydrogen-bond acceptors (Lipinski definition) is 5. The molecular formula is C21H20N6O2. The first-order valence-electron chi connectivity index (χ1n) is 9.26. The Kier molecular flexibility index (Phi) is 4.67. The standard InChI is InChI=1S/C21H20N6O2/c1-12(2)20-14(8-10-19(29)25-20)21-24-17(11-16(22)28)26-27(21)18-9-7-13-5-3-4-6-15(13)23-18/h3-10,12H,11H2,1-2H3,(H2,22,28)(H,25,29). The van der Waals surface area contributed by atoms with Gasteiger partial charge in [-0.05, 0) is 30.2 Å². The van der Waals surface area contributed by atoms with Crippen LogP contribution in [0, 0.1) is 0 Å². The van der Waals surface area contributed by atoms with Crippen LogP contribution in [0.1, 0.15) is 31.3 Å². The summed E-state index contributed by atoms with van der Waals surface area (Å²) in [5, 5.41) is 5.48. The van der Waals surface area contributed by atoms with Crippen LogP contribution >= 0.6 is 0 Å². The first-order chi connectivity index (χ1) is 13.9. The maximum atomic E-state index is 11.9. The predicted octanol–water partition coefficient (Wildman–Crippen LogP) is 2.32. The molecule has 3 heterocycles. The molecule has 0 saturated carbocycles. The third kappa shape index (κ3) is 3.64. The maximum Gasteiger partial charge on any atom is 0.248 e. The fourth-order valence-electron chi connectivity index (χ4n) is 3.23. The van der Waals surface area contributed by atoms with Gasteiger partial charge in [0, 0.05) is 22.7 Å². The van der Waals surface area contributed by atoms with Gasteiger partial charge in [-0.15, -0.1) is 5.10 Å². The normalized spacial score (nSPS) is 11.3. The summed E-state index contributed by atoms with van der Waals surface area (Å²) in [5.41, 5.74) is 7.42. The highest BCUT2D eigenvalue weighted by molar-refractivity contribution is 5.79. The molecule has 0 aliphatic carbocycles. The molecule has 146 valence electrons. The number of nitrogens with zero attached hydrogens (tertiary/aromatic N) is 4. The Bertz CT molecular complexity index is 1270. The van der Waals surface area contributed by atoms with Crippen LogP contribution in [0.15, 0.2) is 53.3 Å². The molecule has 0 fully saturated rings. The number of aromatic nitrogens is 5. The van der Waals surface area contributed by atoms with E-state index in [2.05, 4.69) is 20.1 Å². The lowest BCUT2D eigenvalue weighted by Crippen LogP contribution is -2.14. The zero-order chi connectivity index (χ0) is 20.5. The minimum absolute atomic E-state index is 0.0493. The highest BCUT2D eigenvalue weighted by Crippen LogP contribution is 2.27. The summed E-state index contributed by atoms with van der Waals surface area (Å²) in [5.74, 6) is 0.870. The van der Waals surface area contributed by atoms with Crippen LogP contribution in [0.25, 0.3) is 28.1 Å². The van der Waals surface area contributed by atoms with Crippen LogP contribution in [-0.2, 0) is 11.2 Å². The fraction of sp³-hybridized carbons (Fsp3) is 0.190. The number of hydrogen-bond donors (Lipinski definition) is 2. The van der Waals surface area contributed by atoms with E-state index >= 15 is 0 Å². The number of carbonyl (C=O) groups is 1. The second-order valence-electron chi connectivity index (χ2n) is 7.07. The average Bonchev–Trinajstić information content (AvgIpc) is 3.10. The minimum Gasteiger partial charge on any atom is -0.369 e. The van der Waals surface area contributed by atoms with Gasteiger partial charge in [0.1, 0.15) is 0 Å². The topological polar surface area (TPSA) is 120 Å². The maximum absolute atomic E-state index is 11.9. The van der Waals surface area contributed by atoms with Crippen molar-refractivity contribution in [2.24, 2.45) is 5.73 Å². The van der Waals surface area contributed by atoms with E-state index < -0.39 is 5.91 Å². The number of benzene rings is 1. The van der Waals surface area contributed by atoms with E-state index in [0.29, 0.717) is 17.5 Å². The zero-order valence-corrected chi connectivity index (χ0v) is 16.1. The number of rotatable bonds is 5. The molecule has 3 aromatic heterocycles. The number of fused-ring (bicyclic) bond motifs is 1. The van der Waals surface area contributed by atoms with E-state index in [-0.39, 0.29) is 17.9 Å². The summed E-state index contributed by atoms with van der Waals surface area (Å²) in [6, 6.07) is 14.7. The van der Waals surface area contributed by atoms with E-state index in [9.17, 15) is 9.59 Å². The third-order valence-electron chi connectivity index (χ3n) is 4.55. The van der Waals surface area contributed by atoms with Crippen molar-refractivity contribution in [1.82, 2.24) is 24.7 Å². The number of aromatic amines is 1. The van der Waals surface area contributed by atoms with Gasteiger partial charge >= 0.3 is 0 Å². The van der Waals surface area contributed by atoms with Crippen molar-refractivity contribution in [3.05, 3.63) is 70.4 Å². The first-order valence-corrected chi connectivity index (χ1v) is 9.26. The molecule has 0 atom stereocenters. The van der Waals surface area contributed by atoms with Gasteiger partial charge < -0.3 is 10.7 Å². The van der Waals surface area contributed by atoms with E-state index in [0.717, 1.165) is 22.2 Å². The molecule has 0 unspecified atom stereocenters. The molecular weight excluding hydrogens is 368 g/mol. The fourth-order valence-corrected chi connectivity index (χ4v) is 3.23. The number of nitrogens with one attached hydrogen (secondary N) is 1. The van der Waals surface area contributed by atoms with Crippen LogP contribution in [0.2, 0.25) is 0 Å². The Morgan fingerprint density at radius 1 is 1.10 bits per heavy atom. The molecule has 1 aromatic carbocycles. The lowest BCUT2D eigenvalue weighted by molar-refractivity contribution is -0.117. The van der Waals surface area contributed by atoms with Crippen molar-refractivity contribution in [2.75, 3.05) is 0 Å². The monoisotopic (exact) mass is 388 g/mol. The van der Waals surface area contributed by atoms with E-state index in [1.54, 1.807) is 10.7 Å². The first kappa shape index (κ1) is 18.5. The van der Waals surface area contributed by atoms with Crippen molar-refractivity contribution in [1.29, 1.82) is 0 Å². The summed E-state index contributed by atoms with van der Waals surface area (Å²) in [7, 11) is 0. The molecule has 0 spiro atoms. The van der Waals surface area contributed by atoms with Gasteiger partial charge in [0.2, 0.25) is 11.5 Å². The highest BCUT2D eigenvalue weighted by Gasteiger charge is 2.20. The van der Waals surface area contributed by atoms with Crippen molar-refractivity contribution in [3.8, 4) is 17.2 Å². The largest absolute Gasteiger partial charge is 0.369 e. The molecule has 0 aliphatic heterocycles. The van der Waals surface area contributed by atoms with Gasteiger partial charge in [-0.25, -0.2) is 9.97 Å². The summed E-state index contributed by atoms with van der Waals surface area (Å²) < 4.78 is 1.59. The second-order valence-corrected chi connectivity index (χ2v) is 7.07. The molecule has 0 bridgehead atoms. The van der Waals surface area contributed by atoms with Crippen molar-refractivity contribution < 1.29 is 4.79 Å².